The van der Waals surface area contributed by atoms with E-state index >= 15 is 0 Å². The Hall–Kier alpha value is -2.58. The van der Waals surface area contributed by atoms with Gasteiger partial charge in [0.2, 0.25) is 12.2 Å². The number of ether oxygens (including phenoxy) is 1. The van der Waals surface area contributed by atoms with Crippen LogP contribution in [0.1, 0.15) is 70.0 Å². The standard InChI is InChI=1S/C24H37N5O5S/c1-6-7-14-33-22(32)25-24(11-9-8-10-12-24)29(17-30)19(16-18(2)3)20(31)21-26-27-23(34-21)35-15-13-28(4)5/h17-19H,8-16H2,1-5H3,(H,25,32). The first-order valence-electron chi connectivity index (χ1n) is 12.0. The number of rotatable bonds is 13. The minimum absolute atomic E-state index is 0.0515. The van der Waals surface area contributed by atoms with Crippen LogP contribution in [0.15, 0.2) is 9.64 Å². The van der Waals surface area contributed by atoms with Gasteiger partial charge in [0.1, 0.15) is 11.7 Å². The van der Waals surface area contributed by atoms with Crippen LogP contribution in [0, 0.1) is 17.8 Å². The first-order valence-corrected chi connectivity index (χ1v) is 12.9. The topological polar surface area (TPSA) is 118 Å². The highest BCUT2D eigenvalue weighted by Crippen LogP contribution is 2.34. The molecule has 1 unspecified atom stereocenters. The fraction of sp³-hybridized carbons (Fsp3) is 0.708. The van der Waals surface area contributed by atoms with Gasteiger partial charge in [-0.2, -0.15) is 0 Å². The van der Waals surface area contributed by atoms with Crippen LogP contribution >= 0.6 is 11.8 Å². The summed E-state index contributed by atoms with van der Waals surface area (Å²) in [5.41, 5.74) is -1.05. The van der Waals surface area contributed by atoms with E-state index in [9.17, 15) is 14.4 Å². The number of hydrogen-bond acceptors (Lipinski definition) is 9. The van der Waals surface area contributed by atoms with Crippen LogP contribution in [0.2, 0.25) is 0 Å². The molecule has 10 nitrogen and oxygen atoms in total. The van der Waals surface area contributed by atoms with E-state index in [0.29, 0.717) is 30.9 Å². The molecule has 0 saturated heterocycles. The molecular formula is C24H37N5O5S. The number of Topliss-reactive ketones (excluding diaryl/α,β-unsaturated/α-hetero) is 1. The molecule has 0 aliphatic heterocycles. The Labute approximate surface area is 211 Å². The van der Waals surface area contributed by atoms with E-state index in [1.54, 1.807) is 6.92 Å². The van der Waals surface area contributed by atoms with Crippen molar-refractivity contribution < 1.29 is 23.5 Å². The lowest BCUT2D eigenvalue weighted by Crippen LogP contribution is -2.65. The molecular weight excluding hydrogens is 470 g/mol. The van der Waals surface area contributed by atoms with Crippen LogP contribution in [0.25, 0.3) is 0 Å². The number of ketones is 1. The van der Waals surface area contributed by atoms with Gasteiger partial charge in [0.25, 0.3) is 11.1 Å². The van der Waals surface area contributed by atoms with E-state index < -0.39 is 23.6 Å². The molecule has 2 amide bonds. The van der Waals surface area contributed by atoms with E-state index in [1.165, 1.54) is 16.7 Å². The van der Waals surface area contributed by atoms with Crippen molar-refractivity contribution in [1.82, 2.24) is 25.3 Å². The highest BCUT2D eigenvalue weighted by atomic mass is 32.2. The molecule has 1 fully saturated rings. The van der Waals surface area contributed by atoms with Gasteiger partial charge in [0.15, 0.2) is 6.61 Å². The van der Waals surface area contributed by atoms with Crippen molar-refractivity contribution in [3.63, 3.8) is 0 Å². The Balaban J connectivity index is 2.30. The Morgan fingerprint density at radius 3 is 2.57 bits per heavy atom. The van der Waals surface area contributed by atoms with Crippen molar-refractivity contribution in [1.29, 1.82) is 0 Å². The van der Waals surface area contributed by atoms with Gasteiger partial charge < -0.3 is 19.0 Å². The van der Waals surface area contributed by atoms with E-state index in [-0.39, 0.29) is 18.4 Å². The van der Waals surface area contributed by atoms with Crippen LogP contribution in [-0.4, -0.2) is 83.0 Å². The first-order chi connectivity index (χ1) is 16.7. The zero-order valence-corrected chi connectivity index (χ0v) is 22.2. The fourth-order valence-corrected chi connectivity index (χ4v) is 4.94. The highest BCUT2D eigenvalue weighted by molar-refractivity contribution is 7.99. The van der Waals surface area contributed by atoms with Crippen LogP contribution in [0.5, 0.6) is 0 Å². The lowest BCUT2D eigenvalue weighted by Gasteiger charge is -2.47. The van der Waals surface area contributed by atoms with E-state index in [2.05, 4.69) is 27.4 Å². The number of nitrogens with one attached hydrogen (secondary N) is 1. The molecule has 1 heterocycles. The van der Waals surface area contributed by atoms with Gasteiger partial charge >= 0.3 is 6.09 Å². The SMILES string of the molecule is CC#CCOC(=O)NC1(N(C=O)C(CC(C)C)C(=O)c2nnc(SCCN(C)C)o2)CCCCC1. The largest absolute Gasteiger partial charge is 0.436 e. The quantitative estimate of drug-likeness (QED) is 0.141. The van der Waals surface area contributed by atoms with Crippen molar-refractivity contribution in [3.8, 4) is 11.8 Å². The van der Waals surface area contributed by atoms with Crippen molar-refractivity contribution in [2.45, 2.75) is 76.2 Å². The van der Waals surface area contributed by atoms with Gasteiger partial charge in [-0.3, -0.25) is 14.9 Å². The van der Waals surface area contributed by atoms with E-state index in [1.807, 2.05) is 32.8 Å². The van der Waals surface area contributed by atoms with Crippen molar-refractivity contribution in [2.75, 3.05) is 33.0 Å². The molecule has 2 rings (SSSR count). The number of nitrogens with zero attached hydrogens (tertiary/aromatic N) is 4. The molecule has 1 aromatic heterocycles. The van der Waals surface area contributed by atoms with Gasteiger partial charge in [-0.05, 0) is 59.0 Å². The molecule has 1 atom stereocenters. The van der Waals surface area contributed by atoms with Crippen molar-refractivity contribution in [2.24, 2.45) is 5.92 Å². The molecule has 0 radical (unpaired) electrons. The average molecular weight is 508 g/mol. The Morgan fingerprint density at radius 1 is 1.26 bits per heavy atom. The number of thioether (sulfide) groups is 1. The van der Waals surface area contributed by atoms with Gasteiger partial charge in [-0.1, -0.05) is 38.0 Å². The Bertz CT molecular complexity index is 902. The lowest BCUT2D eigenvalue weighted by atomic mass is 9.85. The third kappa shape index (κ3) is 8.54. The summed E-state index contributed by atoms with van der Waals surface area (Å²) in [5, 5.41) is 11.2. The maximum absolute atomic E-state index is 13.6. The van der Waals surface area contributed by atoms with Crippen molar-refractivity contribution in [3.05, 3.63) is 5.89 Å². The summed E-state index contributed by atoms with van der Waals surface area (Å²) in [5.74, 6) is 5.60. The first kappa shape index (κ1) is 28.7. The second kappa shape index (κ2) is 14.1. The summed E-state index contributed by atoms with van der Waals surface area (Å²) < 4.78 is 10.8. The number of alkyl carbamates (subject to hydrolysis) is 1. The fourth-order valence-electron chi connectivity index (χ4n) is 4.08. The number of hydrogen-bond donors (Lipinski definition) is 1. The predicted octanol–water partition coefficient (Wildman–Crippen LogP) is 3.19. The highest BCUT2D eigenvalue weighted by Gasteiger charge is 2.45. The van der Waals surface area contributed by atoms with Crippen LogP contribution in [0.3, 0.4) is 0 Å². The summed E-state index contributed by atoms with van der Waals surface area (Å²) in [6, 6.07) is -0.874. The van der Waals surface area contributed by atoms with Crippen LogP contribution < -0.4 is 5.32 Å². The monoisotopic (exact) mass is 507 g/mol. The summed E-state index contributed by atoms with van der Waals surface area (Å²) in [6.45, 7) is 6.36. The zero-order valence-electron chi connectivity index (χ0n) is 21.3. The third-order valence-electron chi connectivity index (χ3n) is 5.79. The molecule has 1 aromatic rings. The zero-order chi connectivity index (χ0) is 25.8. The second-order valence-corrected chi connectivity index (χ2v) is 10.3. The molecule has 1 aliphatic rings. The maximum atomic E-state index is 13.6. The summed E-state index contributed by atoms with van der Waals surface area (Å²) in [6.07, 6.45) is 3.95. The lowest BCUT2D eigenvalue weighted by molar-refractivity contribution is -0.130. The van der Waals surface area contributed by atoms with Gasteiger partial charge in [0, 0.05) is 12.3 Å². The van der Waals surface area contributed by atoms with Crippen molar-refractivity contribution >= 4 is 30.0 Å². The predicted molar refractivity (Wildman–Crippen MR) is 133 cm³/mol. The van der Waals surface area contributed by atoms with E-state index in [4.69, 9.17) is 9.15 Å². The molecule has 1 saturated carbocycles. The number of carbonyl (C=O) groups excluding carboxylic acids is 3. The van der Waals surface area contributed by atoms with Gasteiger partial charge in [0.05, 0.1) is 0 Å². The summed E-state index contributed by atoms with van der Waals surface area (Å²) in [4.78, 5) is 42.1. The normalized spacial score (nSPS) is 15.7. The number of carbonyl (C=O) groups is 3. The molecule has 194 valence electrons. The number of aromatic nitrogens is 2. The summed E-state index contributed by atoms with van der Waals surface area (Å²) >= 11 is 1.37. The molecule has 1 aliphatic carbocycles. The molecule has 35 heavy (non-hydrogen) atoms. The average Bonchev–Trinajstić information content (AvgIpc) is 3.27. The Morgan fingerprint density at radius 2 is 1.97 bits per heavy atom. The van der Waals surface area contributed by atoms with E-state index in [0.717, 1.165) is 31.6 Å². The van der Waals surface area contributed by atoms with Crippen LogP contribution in [-0.2, 0) is 9.53 Å². The number of amides is 2. The van der Waals surface area contributed by atoms with Crippen LogP contribution in [0.4, 0.5) is 4.79 Å². The second-order valence-electron chi connectivity index (χ2n) is 9.27. The molecule has 0 bridgehead atoms. The molecule has 11 heteroatoms. The molecule has 0 aromatic carbocycles. The van der Waals surface area contributed by atoms with Gasteiger partial charge in [-0.25, -0.2) is 4.79 Å². The minimum Gasteiger partial charge on any atom is -0.436 e. The third-order valence-corrected chi connectivity index (χ3v) is 6.59. The molecule has 1 N–H and O–H groups in total. The summed E-state index contributed by atoms with van der Waals surface area (Å²) in [7, 11) is 3.94. The molecule has 0 spiro atoms. The smallest absolute Gasteiger partial charge is 0.409 e. The minimum atomic E-state index is -1.05. The maximum Gasteiger partial charge on any atom is 0.409 e. The van der Waals surface area contributed by atoms with Gasteiger partial charge in [-0.15, -0.1) is 16.1 Å². The Kier molecular flexibility index (Phi) is 11.5.